The van der Waals surface area contributed by atoms with E-state index in [-0.39, 0.29) is 5.70 Å². The van der Waals surface area contributed by atoms with Gasteiger partial charge in [0.1, 0.15) is 0 Å². The highest BCUT2D eigenvalue weighted by Crippen LogP contribution is 2.62. The van der Waals surface area contributed by atoms with Gasteiger partial charge in [0.2, 0.25) is 0 Å². The Labute approximate surface area is 308 Å². The molecular formula is C49H41N3. The van der Waals surface area contributed by atoms with Gasteiger partial charge < -0.3 is 4.90 Å². The largest absolute Gasteiger partial charge is 0.310 e. The van der Waals surface area contributed by atoms with Crippen molar-refractivity contribution in [3.63, 3.8) is 0 Å². The summed E-state index contributed by atoms with van der Waals surface area (Å²) in [7, 11) is 0. The molecular weight excluding hydrogens is 631 g/mol. The highest BCUT2D eigenvalue weighted by molar-refractivity contribution is 5.98. The van der Waals surface area contributed by atoms with Crippen molar-refractivity contribution < 1.29 is 0 Å². The fourth-order valence-electron chi connectivity index (χ4n) is 8.65. The third-order valence-electron chi connectivity index (χ3n) is 10.9. The van der Waals surface area contributed by atoms with Crippen LogP contribution in [0, 0.1) is 17.9 Å². The van der Waals surface area contributed by atoms with Crippen molar-refractivity contribution in [3.8, 4) is 17.2 Å². The van der Waals surface area contributed by atoms with E-state index in [0.29, 0.717) is 5.57 Å². The number of nitriles is 1. The van der Waals surface area contributed by atoms with Gasteiger partial charge in [-0.2, -0.15) is 0 Å². The SMILES string of the molecule is [C-]#[N+]C(C#N)=C1c2ccccc2C2(c3ccccc31)c1ccccc1N(c1cccc(-c3cc(CCCC)cc(CCCC)c3)c1)c1ccccc12. The van der Waals surface area contributed by atoms with E-state index in [2.05, 4.69) is 157 Å². The summed E-state index contributed by atoms with van der Waals surface area (Å²) in [6.07, 6.45) is 6.96. The number of hydrogen-bond donors (Lipinski definition) is 0. The molecule has 3 heteroatoms. The quantitative estimate of drug-likeness (QED) is 0.119. The second-order valence-electron chi connectivity index (χ2n) is 14.0. The molecule has 0 bridgehead atoms. The van der Waals surface area contributed by atoms with Crippen LogP contribution < -0.4 is 4.90 Å². The molecule has 1 aliphatic carbocycles. The maximum Gasteiger partial charge on any atom is 0.270 e. The summed E-state index contributed by atoms with van der Waals surface area (Å²) in [5.41, 5.74) is 15.2. The summed E-state index contributed by atoms with van der Waals surface area (Å²) in [6, 6.07) is 52.8. The number of para-hydroxylation sites is 2. The van der Waals surface area contributed by atoms with Crippen LogP contribution in [0.3, 0.4) is 0 Å². The fraction of sp³-hybridized carbons (Fsp3) is 0.184. The first-order chi connectivity index (χ1) is 25.6. The molecule has 0 saturated carbocycles. The molecule has 0 radical (unpaired) electrons. The first-order valence-corrected chi connectivity index (χ1v) is 18.6. The number of rotatable bonds is 8. The first-order valence-electron chi connectivity index (χ1n) is 18.6. The Bertz CT molecular complexity index is 2290. The zero-order chi connectivity index (χ0) is 35.7. The molecule has 1 spiro atoms. The fourth-order valence-corrected chi connectivity index (χ4v) is 8.65. The number of aryl methyl sites for hydroxylation is 2. The lowest BCUT2D eigenvalue weighted by atomic mass is 9.57. The van der Waals surface area contributed by atoms with Crippen LogP contribution in [0.25, 0.3) is 21.5 Å². The lowest BCUT2D eigenvalue weighted by Crippen LogP contribution is -2.40. The minimum atomic E-state index is -0.678. The molecule has 1 aliphatic heterocycles. The van der Waals surface area contributed by atoms with E-state index < -0.39 is 5.41 Å². The van der Waals surface area contributed by atoms with Crippen molar-refractivity contribution in [2.45, 2.75) is 57.8 Å². The van der Waals surface area contributed by atoms with Gasteiger partial charge in [0, 0.05) is 11.3 Å². The molecule has 52 heavy (non-hydrogen) atoms. The van der Waals surface area contributed by atoms with Crippen LogP contribution in [-0.4, -0.2) is 0 Å². The molecule has 0 unspecified atom stereocenters. The number of fused-ring (bicyclic) bond motifs is 8. The van der Waals surface area contributed by atoms with E-state index >= 15 is 0 Å². The molecule has 2 aliphatic rings. The van der Waals surface area contributed by atoms with Crippen molar-refractivity contribution in [1.29, 1.82) is 5.26 Å². The molecule has 0 fully saturated rings. The third-order valence-corrected chi connectivity index (χ3v) is 10.9. The zero-order valence-electron chi connectivity index (χ0n) is 29.9. The topological polar surface area (TPSA) is 31.4 Å². The first kappa shape index (κ1) is 33.0. The molecule has 0 amide bonds. The number of anilines is 3. The van der Waals surface area contributed by atoms with Crippen molar-refractivity contribution in [3.05, 3.63) is 201 Å². The van der Waals surface area contributed by atoms with E-state index in [1.54, 1.807) is 0 Å². The van der Waals surface area contributed by atoms with Crippen LogP contribution in [0.4, 0.5) is 17.1 Å². The number of allylic oxidation sites excluding steroid dienone is 1. The van der Waals surface area contributed by atoms with Crippen LogP contribution in [0.1, 0.15) is 84.0 Å². The maximum atomic E-state index is 10.2. The van der Waals surface area contributed by atoms with Crippen molar-refractivity contribution in [1.82, 2.24) is 0 Å². The van der Waals surface area contributed by atoms with Gasteiger partial charge in [-0.3, -0.25) is 0 Å². The Morgan fingerprint density at radius 2 is 1.13 bits per heavy atom. The summed E-state index contributed by atoms with van der Waals surface area (Å²) >= 11 is 0. The third kappa shape index (κ3) is 5.25. The van der Waals surface area contributed by atoms with Gasteiger partial charge in [-0.25, -0.2) is 10.1 Å². The lowest BCUT2D eigenvalue weighted by Gasteiger charge is -2.49. The van der Waals surface area contributed by atoms with Gasteiger partial charge in [-0.05, 0) is 106 Å². The van der Waals surface area contributed by atoms with Gasteiger partial charge in [0.05, 0.1) is 29.4 Å². The molecule has 0 saturated heterocycles. The lowest BCUT2D eigenvalue weighted by molar-refractivity contribution is 0.718. The van der Waals surface area contributed by atoms with Gasteiger partial charge in [-0.15, -0.1) is 0 Å². The Balaban J connectivity index is 1.37. The molecule has 252 valence electrons. The van der Waals surface area contributed by atoms with Gasteiger partial charge >= 0.3 is 0 Å². The second kappa shape index (κ2) is 13.9. The van der Waals surface area contributed by atoms with E-state index in [1.807, 2.05) is 12.1 Å². The van der Waals surface area contributed by atoms with E-state index in [4.69, 9.17) is 6.57 Å². The summed E-state index contributed by atoms with van der Waals surface area (Å²) in [6.45, 7) is 12.5. The van der Waals surface area contributed by atoms with E-state index in [0.717, 1.165) is 52.2 Å². The van der Waals surface area contributed by atoms with Crippen LogP contribution >= 0.6 is 0 Å². The molecule has 3 nitrogen and oxygen atoms in total. The normalized spacial score (nSPS) is 13.3. The predicted molar refractivity (Wildman–Crippen MR) is 214 cm³/mol. The summed E-state index contributed by atoms with van der Waals surface area (Å²) < 4.78 is 0. The second-order valence-corrected chi connectivity index (χ2v) is 14.0. The highest BCUT2D eigenvalue weighted by atomic mass is 15.2. The number of benzene rings is 6. The number of nitrogens with zero attached hydrogens (tertiary/aromatic N) is 3. The number of hydrogen-bond acceptors (Lipinski definition) is 2. The monoisotopic (exact) mass is 671 g/mol. The summed E-state index contributed by atoms with van der Waals surface area (Å²) in [4.78, 5) is 6.16. The molecule has 6 aromatic rings. The summed E-state index contributed by atoms with van der Waals surface area (Å²) in [5, 5.41) is 10.2. The van der Waals surface area contributed by atoms with Crippen LogP contribution in [0.2, 0.25) is 0 Å². The molecule has 0 aromatic heterocycles. The predicted octanol–water partition coefficient (Wildman–Crippen LogP) is 12.7. The highest BCUT2D eigenvalue weighted by Gasteiger charge is 2.51. The average Bonchev–Trinajstić information content (AvgIpc) is 3.20. The van der Waals surface area contributed by atoms with Gasteiger partial charge in [0.15, 0.2) is 0 Å². The molecule has 0 atom stereocenters. The van der Waals surface area contributed by atoms with Gasteiger partial charge in [0.25, 0.3) is 5.70 Å². The van der Waals surface area contributed by atoms with Gasteiger partial charge in [-0.1, -0.05) is 142 Å². The Morgan fingerprint density at radius 3 is 1.65 bits per heavy atom. The van der Waals surface area contributed by atoms with E-state index in [1.165, 1.54) is 59.1 Å². The summed E-state index contributed by atoms with van der Waals surface area (Å²) in [5.74, 6) is 0. The number of unbranched alkanes of at least 4 members (excludes halogenated alkanes) is 2. The smallest absolute Gasteiger partial charge is 0.270 e. The van der Waals surface area contributed by atoms with Crippen molar-refractivity contribution in [2.75, 3.05) is 4.90 Å². The Kier molecular flexibility index (Phi) is 8.80. The van der Waals surface area contributed by atoms with Crippen LogP contribution in [0.15, 0.2) is 145 Å². The molecule has 1 heterocycles. The van der Waals surface area contributed by atoms with Crippen molar-refractivity contribution >= 4 is 22.6 Å². The standard InChI is InChI=1S/C49H41N3/c1-4-6-17-34-29-35(18-7-5-2)31-37(30-34)36-19-16-20-38(32-36)52-46-27-14-12-25-43(46)49(44-26-13-15-28-47(44)52)41-23-10-8-21-39(41)48(45(33-50)51-3)40-22-9-11-24-42(40)49/h8-16,19-32H,4-7,17-18H2,1-2H3. The van der Waals surface area contributed by atoms with E-state index in [9.17, 15) is 5.26 Å². The Hall–Kier alpha value is -6.16. The van der Waals surface area contributed by atoms with Crippen LogP contribution in [0.5, 0.6) is 0 Å². The zero-order valence-corrected chi connectivity index (χ0v) is 29.9. The minimum absolute atomic E-state index is 0.113. The maximum absolute atomic E-state index is 10.2. The average molecular weight is 672 g/mol. The Morgan fingerprint density at radius 1 is 0.615 bits per heavy atom. The van der Waals surface area contributed by atoms with Crippen LogP contribution in [-0.2, 0) is 18.3 Å². The molecule has 6 aromatic carbocycles. The molecule has 0 N–H and O–H groups in total. The minimum Gasteiger partial charge on any atom is -0.310 e. The van der Waals surface area contributed by atoms with Crippen molar-refractivity contribution in [2.24, 2.45) is 0 Å². The molecule has 8 rings (SSSR count).